The Bertz CT molecular complexity index is 439. The van der Waals surface area contributed by atoms with Gasteiger partial charge in [0.05, 0.1) is 12.1 Å². The van der Waals surface area contributed by atoms with Crippen LogP contribution in [0.3, 0.4) is 0 Å². The molecule has 0 saturated carbocycles. The zero-order valence-electron chi connectivity index (χ0n) is 11.6. The second-order valence-electron chi connectivity index (χ2n) is 5.56. The molecule has 1 amide bonds. The minimum atomic E-state index is -1.03. The van der Waals surface area contributed by atoms with Crippen molar-refractivity contribution >= 4 is 22.0 Å². The molecule has 0 aliphatic rings. The molecule has 0 fully saturated rings. The van der Waals surface area contributed by atoms with E-state index in [1.54, 1.807) is 19.1 Å². The fourth-order valence-electron chi connectivity index (χ4n) is 2.15. The van der Waals surface area contributed by atoms with Crippen molar-refractivity contribution in [1.29, 1.82) is 0 Å². The number of nitrogens with zero attached hydrogens (tertiary/aromatic N) is 1. The van der Waals surface area contributed by atoms with E-state index in [9.17, 15) is 15.0 Å². The van der Waals surface area contributed by atoms with Crippen LogP contribution in [0.1, 0.15) is 39.4 Å². The van der Waals surface area contributed by atoms with E-state index in [2.05, 4.69) is 15.9 Å². The van der Waals surface area contributed by atoms with Gasteiger partial charge in [-0.05, 0) is 45.4 Å². The summed E-state index contributed by atoms with van der Waals surface area (Å²) < 4.78 is 0.919. The Labute approximate surface area is 122 Å². The molecule has 4 nitrogen and oxygen atoms in total. The molecule has 5 heteroatoms. The first-order valence-corrected chi connectivity index (χ1v) is 6.89. The number of hydrogen-bond donors (Lipinski definition) is 2. The Kier molecular flexibility index (Phi) is 4.98. The first kappa shape index (κ1) is 16.0. The third-order valence-corrected chi connectivity index (χ3v) is 3.53. The summed E-state index contributed by atoms with van der Waals surface area (Å²) in [6.45, 7) is 7.15. The van der Waals surface area contributed by atoms with Crippen molar-refractivity contribution in [2.24, 2.45) is 0 Å². The van der Waals surface area contributed by atoms with Gasteiger partial charge in [-0.25, -0.2) is 4.79 Å². The van der Waals surface area contributed by atoms with Gasteiger partial charge in [-0.15, -0.1) is 0 Å². The molecule has 0 heterocycles. The summed E-state index contributed by atoms with van der Waals surface area (Å²) in [5.41, 5.74) is 0.132. The zero-order valence-corrected chi connectivity index (χ0v) is 13.2. The maximum atomic E-state index is 11.4. The molecule has 0 aliphatic heterocycles. The molecule has 1 aromatic rings. The molecular formula is C14H20BrNO3. The van der Waals surface area contributed by atoms with E-state index in [0.29, 0.717) is 5.56 Å². The van der Waals surface area contributed by atoms with E-state index < -0.39 is 23.8 Å². The second kappa shape index (κ2) is 5.92. The fourth-order valence-corrected chi connectivity index (χ4v) is 2.42. The lowest BCUT2D eigenvalue weighted by atomic mass is 9.97. The van der Waals surface area contributed by atoms with Crippen molar-refractivity contribution in [2.45, 2.75) is 45.4 Å². The third-order valence-electron chi connectivity index (χ3n) is 3.00. The van der Waals surface area contributed by atoms with Crippen LogP contribution in [0, 0.1) is 0 Å². The lowest BCUT2D eigenvalue weighted by Gasteiger charge is -2.40. The number of carboxylic acid groups (broad SMARTS) is 1. The lowest BCUT2D eigenvalue weighted by Crippen LogP contribution is -2.52. The summed E-state index contributed by atoms with van der Waals surface area (Å²) in [5.74, 6) is 0. The average Bonchev–Trinajstić information content (AvgIpc) is 2.26. The number of carbonyl (C=O) groups is 1. The van der Waals surface area contributed by atoms with Gasteiger partial charge in [0, 0.05) is 10.0 Å². The number of aliphatic hydroxyl groups excluding tert-OH is 1. The molecular weight excluding hydrogens is 310 g/mol. The molecule has 19 heavy (non-hydrogen) atoms. The van der Waals surface area contributed by atoms with Gasteiger partial charge in [0.2, 0.25) is 0 Å². The highest BCUT2D eigenvalue weighted by molar-refractivity contribution is 9.10. The zero-order chi connectivity index (χ0) is 14.8. The summed E-state index contributed by atoms with van der Waals surface area (Å²) in [6.07, 6.45) is -1.89. The maximum Gasteiger partial charge on any atom is 0.408 e. The van der Waals surface area contributed by atoms with Crippen LogP contribution in [0.2, 0.25) is 0 Å². The largest absolute Gasteiger partial charge is 0.465 e. The number of rotatable bonds is 3. The van der Waals surface area contributed by atoms with Gasteiger partial charge < -0.3 is 10.2 Å². The average molecular weight is 330 g/mol. The van der Waals surface area contributed by atoms with E-state index >= 15 is 0 Å². The van der Waals surface area contributed by atoms with Gasteiger partial charge in [-0.2, -0.15) is 0 Å². The van der Waals surface area contributed by atoms with Crippen LogP contribution in [0.4, 0.5) is 4.79 Å². The molecule has 106 valence electrons. The van der Waals surface area contributed by atoms with E-state index in [1.807, 2.05) is 32.9 Å². The van der Waals surface area contributed by atoms with Crippen LogP contribution < -0.4 is 0 Å². The predicted octanol–water partition coefficient (Wildman–Crippen LogP) is 3.65. The highest BCUT2D eigenvalue weighted by Gasteiger charge is 2.34. The van der Waals surface area contributed by atoms with Gasteiger partial charge in [-0.3, -0.25) is 4.90 Å². The van der Waals surface area contributed by atoms with Crippen LogP contribution in [0.5, 0.6) is 0 Å². The molecule has 2 N–H and O–H groups in total. The SMILES string of the molecule is C[C@@H]([C@H](O)c1ccc(Br)cc1)N(C(=O)O)C(C)(C)C. The summed E-state index contributed by atoms with van der Waals surface area (Å²) in [7, 11) is 0. The Hall–Kier alpha value is -1.07. The quantitative estimate of drug-likeness (QED) is 0.889. The number of halogens is 1. The Morgan fingerprint density at radius 3 is 2.11 bits per heavy atom. The maximum absolute atomic E-state index is 11.4. The molecule has 0 aliphatic carbocycles. The molecule has 0 unspecified atom stereocenters. The van der Waals surface area contributed by atoms with Gasteiger partial charge in [0.1, 0.15) is 0 Å². The van der Waals surface area contributed by atoms with Crippen molar-refractivity contribution in [3.05, 3.63) is 34.3 Å². The molecule has 1 aromatic carbocycles. The fraction of sp³-hybridized carbons (Fsp3) is 0.500. The highest BCUT2D eigenvalue weighted by atomic mass is 79.9. The highest BCUT2D eigenvalue weighted by Crippen LogP contribution is 2.27. The topological polar surface area (TPSA) is 60.8 Å². The molecule has 0 spiro atoms. The minimum absolute atomic E-state index is 0.529. The second-order valence-corrected chi connectivity index (χ2v) is 6.48. The van der Waals surface area contributed by atoms with E-state index in [-0.39, 0.29) is 0 Å². The van der Waals surface area contributed by atoms with Crippen molar-refractivity contribution in [3.8, 4) is 0 Å². The van der Waals surface area contributed by atoms with E-state index in [1.165, 1.54) is 4.90 Å². The van der Waals surface area contributed by atoms with Crippen molar-refractivity contribution in [3.63, 3.8) is 0 Å². The number of hydrogen-bond acceptors (Lipinski definition) is 2. The van der Waals surface area contributed by atoms with Crippen LogP contribution in [0.15, 0.2) is 28.7 Å². The van der Waals surface area contributed by atoms with E-state index in [0.717, 1.165) is 4.47 Å². The van der Waals surface area contributed by atoms with Gasteiger partial charge in [0.25, 0.3) is 0 Å². The number of amides is 1. The van der Waals surface area contributed by atoms with Crippen molar-refractivity contribution < 1.29 is 15.0 Å². The van der Waals surface area contributed by atoms with Crippen molar-refractivity contribution in [1.82, 2.24) is 4.90 Å². The normalized spacial score (nSPS) is 14.8. The van der Waals surface area contributed by atoms with Gasteiger partial charge in [-0.1, -0.05) is 28.1 Å². The van der Waals surface area contributed by atoms with Crippen LogP contribution in [0.25, 0.3) is 0 Å². The summed E-state index contributed by atoms with van der Waals surface area (Å²) >= 11 is 3.33. The monoisotopic (exact) mass is 329 g/mol. The molecule has 1 rings (SSSR count). The predicted molar refractivity (Wildman–Crippen MR) is 78.2 cm³/mol. The van der Waals surface area contributed by atoms with E-state index in [4.69, 9.17) is 0 Å². The van der Waals surface area contributed by atoms with Crippen molar-refractivity contribution in [2.75, 3.05) is 0 Å². The van der Waals surface area contributed by atoms with Gasteiger partial charge >= 0.3 is 6.09 Å². The lowest BCUT2D eigenvalue weighted by molar-refractivity contribution is 0.0141. The first-order valence-electron chi connectivity index (χ1n) is 6.10. The molecule has 2 atom stereocenters. The molecule has 0 saturated heterocycles. The molecule has 0 aromatic heterocycles. The van der Waals surface area contributed by atoms with Crippen LogP contribution in [-0.2, 0) is 0 Å². The standard InChI is InChI=1S/C14H20BrNO3/c1-9(16(13(18)19)14(2,3)4)12(17)10-5-7-11(15)8-6-10/h5-9,12,17H,1-4H3,(H,18,19)/t9-,12-/m0/s1. The van der Waals surface area contributed by atoms with Crippen LogP contribution >= 0.6 is 15.9 Å². The molecule has 0 radical (unpaired) electrons. The summed E-state index contributed by atoms with van der Waals surface area (Å²) in [5, 5.41) is 19.7. The summed E-state index contributed by atoms with van der Waals surface area (Å²) in [4.78, 5) is 12.7. The molecule has 0 bridgehead atoms. The van der Waals surface area contributed by atoms with Gasteiger partial charge in [0.15, 0.2) is 0 Å². The number of benzene rings is 1. The Morgan fingerprint density at radius 2 is 1.74 bits per heavy atom. The first-order chi connectivity index (χ1) is 8.64. The Balaban J connectivity index is 3.00. The van der Waals surface area contributed by atoms with Crippen LogP contribution in [-0.4, -0.2) is 32.8 Å². The Morgan fingerprint density at radius 1 is 1.26 bits per heavy atom. The summed E-state index contributed by atoms with van der Waals surface area (Å²) in [6, 6.07) is 6.70. The smallest absolute Gasteiger partial charge is 0.408 e. The third kappa shape index (κ3) is 3.94. The number of aliphatic hydroxyl groups is 1. The minimum Gasteiger partial charge on any atom is -0.465 e.